The number of amides is 1. The maximum atomic E-state index is 13.0. The molecule has 0 spiro atoms. The molecule has 1 saturated heterocycles. The van der Waals surface area contributed by atoms with Gasteiger partial charge in [0.05, 0.1) is 19.8 Å². The number of dihydropyridines is 1. The Bertz CT molecular complexity index is 1450. The van der Waals surface area contributed by atoms with Gasteiger partial charge >= 0.3 is 5.69 Å². The summed E-state index contributed by atoms with van der Waals surface area (Å²) >= 11 is 5.18. The zero-order valence-corrected chi connectivity index (χ0v) is 18.1. The number of hydrogen-bond donors (Lipinski definition) is 5. The number of nitrogens with one attached hydrogen (secondary N) is 4. The number of carbonyl (C=O) groups is 1. The Morgan fingerprint density at radius 3 is 2.48 bits per heavy atom. The maximum absolute atomic E-state index is 13.0. The van der Waals surface area contributed by atoms with Crippen LogP contribution >= 0.6 is 12.2 Å². The lowest BCUT2D eigenvalue weighted by Gasteiger charge is -2.36. The van der Waals surface area contributed by atoms with Gasteiger partial charge in [-0.25, -0.2) is 14.8 Å². The minimum Gasteiger partial charge on any atom is -0.493 e. The number of benzene rings is 1. The Balaban J connectivity index is 1.86. The number of nitrogens with zero attached hydrogens (tertiary/aromatic N) is 2. The number of aromatic amines is 2. The van der Waals surface area contributed by atoms with E-state index in [9.17, 15) is 14.4 Å². The SMILES string of the molecule is COc1ccc(C2C3=C4NC(=S)NC(=O)C4C(N)=NC3=Nc3[nH]c(=O)[nH]c(=O)c32)cc1OC. The number of aromatic nitrogens is 2. The van der Waals surface area contributed by atoms with Crippen molar-refractivity contribution in [3.05, 3.63) is 61.4 Å². The Morgan fingerprint density at radius 2 is 1.76 bits per heavy atom. The second-order valence-corrected chi connectivity index (χ2v) is 7.80. The molecule has 2 atom stereocenters. The number of aliphatic imine (C=N–C) groups is 2. The van der Waals surface area contributed by atoms with Crippen molar-refractivity contribution >= 4 is 40.7 Å². The van der Waals surface area contributed by atoms with E-state index < -0.39 is 29.0 Å². The summed E-state index contributed by atoms with van der Waals surface area (Å²) in [4.78, 5) is 51.1. The third-order valence-corrected chi connectivity index (χ3v) is 5.80. The van der Waals surface area contributed by atoms with Crippen molar-refractivity contribution in [3.8, 4) is 11.5 Å². The van der Waals surface area contributed by atoms with Crippen molar-refractivity contribution in [2.45, 2.75) is 5.92 Å². The summed E-state index contributed by atoms with van der Waals surface area (Å²) < 4.78 is 10.8. The van der Waals surface area contributed by atoms with Crippen molar-refractivity contribution in [3.63, 3.8) is 0 Å². The van der Waals surface area contributed by atoms with Gasteiger partial charge in [-0.3, -0.25) is 19.6 Å². The van der Waals surface area contributed by atoms with Crippen LogP contribution in [-0.2, 0) is 4.79 Å². The Labute approximate surface area is 190 Å². The summed E-state index contributed by atoms with van der Waals surface area (Å²) in [6, 6.07) is 5.13. The first kappa shape index (κ1) is 20.6. The van der Waals surface area contributed by atoms with E-state index in [-0.39, 0.29) is 28.2 Å². The average Bonchev–Trinajstić information content (AvgIpc) is 2.76. The van der Waals surface area contributed by atoms with E-state index in [0.717, 1.165) is 0 Å². The molecule has 0 bridgehead atoms. The second kappa shape index (κ2) is 7.41. The Hall–Kier alpha value is -4.26. The molecule has 3 aliphatic heterocycles. The van der Waals surface area contributed by atoms with Gasteiger partial charge in [-0.15, -0.1) is 0 Å². The number of thiocarbonyl (C=S) groups is 1. The fourth-order valence-electron chi connectivity index (χ4n) is 4.24. The van der Waals surface area contributed by atoms with Crippen LogP contribution in [0.25, 0.3) is 0 Å². The summed E-state index contributed by atoms with van der Waals surface area (Å²) in [5, 5.41) is 5.60. The number of ether oxygens (including phenoxy) is 2. The number of rotatable bonds is 3. The lowest BCUT2D eigenvalue weighted by Crippen LogP contribution is -2.57. The molecule has 5 rings (SSSR count). The highest BCUT2D eigenvalue weighted by Crippen LogP contribution is 2.45. The van der Waals surface area contributed by atoms with Crippen molar-refractivity contribution in [1.82, 2.24) is 20.6 Å². The molecule has 1 aromatic carbocycles. The summed E-state index contributed by atoms with van der Waals surface area (Å²) in [6.45, 7) is 0. The largest absolute Gasteiger partial charge is 0.493 e. The number of H-pyrrole nitrogens is 2. The zero-order valence-electron chi connectivity index (χ0n) is 17.3. The van der Waals surface area contributed by atoms with Crippen molar-refractivity contribution in [2.24, 2.45) is 21.6 Å². The van der Waals surface area contributed by atoms with Crippen LogP contribution in [0, 0.1) is 5.92 Å². The lowest BCUT2D eigenvalue weighted by molar-refractivity contribution is -0.121. The van der Waals surface area contributed by atoms with E-state index in [4.69, 9.17) is 27.4 Å². The van der Waals surface area contributed by atoms with Crippen molar-refractivity contribution in [2.75, 3.05) is 14.2 Å². The molecule has 168 valence electrons. The molecule has 1 fully saturated rings. The molecular formula is C20H17N7O5S. The third-order valence-electron chi connectivity index (χ3n) is 5.59. The fraction of sp³-hybridized carbons (Fsp3) is 0.200. The van der Waals surface area contributed by atoms with E-state index in [2.05, 4.69) is 30.6 Å². The predicted octanol–water partition coefficient (Wildman–Crippen LogP) is -0.499. The monoisotopic (exact) mass is 467 g/mol. The summed E-state index contributed by atoms with van der Waals surface area (Å²) in [6.07, 6.45) is 0. The van der Waals surface area contributed by atoms with Crippen LogP contribution in [0.15, 0.2) is 49.0 Å². The highest BCUT2D eigenvalue weighted by Gasteiger charge is 2.44. The number of amidine groups is 2. The van der Waals surface area contributed by atoms with Gasteiger partial charge in [0, 0.05) is 17.2 Å². The van der Waals surface area contributed by atoms with Gasteiger partial charge in [-0.1, -0.05) is 6.07 Å². The van der Waals surface area contributed by atoms with Crippen molar-refractivity contribution in [1.29, 1.82) is 0 Å². The zero-order chi connectivity index (χ0) is 23.4. The molecule has 1 aromatic heterocycles. The van der Waals surface area contributed by atoms with Crippen LogP contribution in [0.2, 0.25) is 0 Å². The van der Waals surface area contributed by atoms with E-state index in [1.165, 1.54) is 14.2 Å². The van der Waals surface area contributed by atoms with Gasteiger partial charge in [0.25, 0.3) is 5.56 Å². The molecule has 12 nitrogen and oxygen atoms in total. The fourth-order valence-corrected chi connectivity index (χ4v) is 4.45. The van der Waals surface area contributed by atoms with Gasteiger partial charge in [0.2, 0.25) is 5.91 Å². The molecule has 0 saturated carbocycles. The smallest absolute Gasteiger partial charge is 0.327 e. The van der Waals surface area contributed by atoms with Gasteiger partial charge in [0.15, 0.2) is 22.4 Å². The molecule has 6 N–H and O–H groups in total. The quantitative estimate of drug-likeness (QED) is 0.375. The van der Waals surface area contributed by atoms with Gasteiger partial charge in [-0.05, 0) is 29.9 Å². The Morgan fingerprint density at radius 1 is 1.00 bits per heavy atom. The molecular weight excluding hydrogens is 450 g/mol. The molecule has 2 unspecified atom stereocenters. The lowest BCUT2D eigenvalue weighted by atomic mass is 9.78. The number of fused-ring (bicyclic) bond motifs is 3. The van der Waals surface area contributed by atoms with Crippen LogP contribution in [0.5, 0.6) is 11.5 Å². The van der Waals surface area contributed by atoms with E-state index in [0.29, 0.717) is 28.3 Å². The van der Waals surface area contributed by atoms with Crippen molar-refractivity contribution < 1.29 is 14.3 Å². The first-order valence-electron chi connectivity index (χ1n) is 9.69. The molecule has 33 heavy (non-hydrogen) atoms. The highest BCUT2D eigenvalue weighted by atomic mass is 32.1. The normalized spacial score (nSPS) is 21.0. The van der Waals surface area contributed by atoms with Crippen LogP contribution in [0.3, 0.4) is 0 Å². The minimum atomic E-state index is -0.948. The summed E-state index contributed by atoms with van der Waals surface area (Å²) in [5.74, 6) is -1.08. The molecule has 13 heteroatoms. The first-order chi connectivity index (χ1) is 15.8. The molecule has 3 aliphatic rings. The van der Waals surface area contributed by atoms with E-state index >= 15 is 0 Å². The van der Waals surface area contributed by atoms with Crippen LogP contribution < -0.4 is 37.1 Å². The molecule has 0 radical (unpaired) electrons. The van der Waals surface area contributed by atoms with E-state index in [1.807, 2.05) is 0 Å². The molecule has 0 aliphatic carbocycles. The Kier molecular flexibility index (Phi) is 4.63. The van der Waals surface area contributed by atoms with Crippen LogP contribution in [-0.4, -0.2) is 46.9 Å². The van der Waals surface area contributed by atoms with Crippen LogP contribution in [0.1, 0.15) is 17.0 Å². The summed E-state index contributed by atoms with van der Waals surface area (Å²) in [7, 11) is 3.00. The number of methoxy groups -OCH3 is 2. The third kappa shape index (κ3) is 3.12. The minimum absolute atomic E-state index is 0.00157. The molecule has 1 amide bonds. The van der Waals surface area contributed by atoms with Gasteiger partial charge in [-0.2, -0.15) is 0 Å². The first-order valence-corrected chi connectivity index (χ1v) is 10.1. The number of carbonyl (C=O) groups excluding carboxylic acids is 1. The number of nitrogens with two attached hydrogens (primary N) is 1. The molecule has 2 aromatic rings. The second-order valence-electron chi connectivity index (χ2n) is 7.39. The highest BCUT2D eigenvalue weighted by molar-refractivity contribution is 7.80. The maximum Gasteiger partial charge on any atom is 0.327 e. The van der Waals surface area contributed by atoms with E-state index in [1.54, 1.807) is 18.2 Å². The molecule has 4 heterocycles. The predicted molar refractivity (Wildman–Crippen MR) is 122 cm³/mol. The summed E-state index contributed by atoms with van der Waals surface area (Å²) in [5.41, 5.74) is 6.32. The average molecular weight is 467 g/mol. The topological polar surface area (TPSA) is 176 Å². The van der Waals surface area contributed by atoms with Gasteiger partial charge < -0.3 is 25.8 Å². The van der Waals surface area contributed by atoms with Gasteiger partial charge in [0.1, 0.15) is 17.6 Å². The van der Waals surface area contributed by atoms with Crippen LogP contribution in [0.4, 0.5) is 5.82 Å². The number of hydrogen-bond acceptors (Lipinski definition) is 9. The standard InChI is InChI=1S/C20H17N7O5S/c1-31-7-4-3-6(5-8(7)32-2)9-10-13-12(18(29)27-20(33)22-13)14(21)23-15(10)24-16-11(9)17(28)26-19(30)25-16/h3-5,9,12H,1-2H3,(H2,22,27,29,33)(H4,21,23,24,25,26,28,30).